The van der Waals surface area contributed by atoms with Gasteiger partial charge in [0.1, 0.15) is 11.3 Å². The van der Waals surface area contributed by atoms with E-state index < -0.39 is 0 Å². The molecule has 96 valence electrons. The lowest BCUT2D eigenvalue weighted by Gasteiger charge is -2.01. The van der Waals surface area contributed by atoms with Gasteiger partial charge in [0.2, 0.25) is 0 Å². The number of oxazole rings is 1. The maximum absolute atomic E-state index is 13.0. The largest absolute Gasteiger partial charge is 0.424 e. The summed E-state index contributed by atoms with van der Waals surface area (Å²) in [5.74, 6) is -0.261. The van der Waals surface area contributed by atoms with E-state index in [4.69, 9.17) is 16.0 Å². The molecule has 5 heteroatoms. The molecule has 0 aliphatic carbocycles. The molecule has 0 saturated heterocycles. The molecule has 0 radical (unpaired) electrons. The molecule has 0 unspecified atom stereocenters. The minimum absolute atomic E-state index is 0.261. The van der Waals surface area contributed by atoms with Gasteiger partial charge in [0, 0.05) is 11.6 Å². The Hall–Kier alpha value is -2.07. The molecule has 0 spiro atoms. The molecule has 1 N–H and O–H groups in total. The van der Waals surface area contributed by atoms with Crippen LogP contribution in [0, 0.1) is 5.82 Å². The molecule has 0 fully saturated rings. The van der Waals surface area contributed by atoms with Gasteiger partial charge in [0.05, 0.1) is 0 Å². The fourth-order valence-electron chi connectivity index (χ4n) is 1.80. The van der Waals surface area contributed by atoms with Gasteiger partial charge in [-0.15, -0.1) is 0 Å². The number of nitrogens with zero attached hydrogens (tertiary/aromatic N) is 1. The zero-order valence-electron chi connectivity index (χ0n) is 9.86. The Morgan fingerprint density at radius 2 is 2.11 bits per heavy atom. The number of hydrogen-bond acceptors (Lipinski definition) is 3. The third-order valence-electron chi connectivity index (χ3n) is 2.68. The van der Waals surface area contributed by atoms with Gasteiger partial charge >= 0.3 is 0 Å². The highest BCUT2D eigenvalue weighted by Crippen LogP contribution is 2.22. The molecule has 1 heterocycles. The van der Waals surface area contributed by atoms with Crippen LogP contribution in [0.15, 0.2) is 46.9 Å². The Morgan fingerprint density at radius 1 is 1.21 bits per heavy atom. The molecule has 1 aromatic heterocycles. The smallest absolute Gasteiger partial charge is 0.295 e. The molecule has 0 amide bonds. The Bertz CT molecular complexity index is 726. The van der Waals surface area contributed by atoms with Gasteiger partial charge in [0.15, 0.2) is 5.58 Å². The van der Waals surface area contributed by atoms with E-state index in [2.05, 4.69) is 10.3 Å². The van der Waals surface area contributed by atoms with Gasteiger partial charge in [-0.1, -0.05) is 23.7 Å². The fraction of sp³-hybridized carbons (Fsp3) is 0.0714. The van der Waals surface area contributed by atoms with Gasteiger partial charge in [-0.3, -0.25) is 0 Å². The van der Waals surface area contributed by atoms with Crippen LogP contribution in [0.4, 0.5) is 10.4 Å². The number of fused-ring (bicyclic) bond motifs is 1. The SMILES string of the molecule is Fc1cccc(CNc2nc3cc(Cl)ccc3o2)c1. The highest BCUT2D eigenvalue weighted by atomic mass is 35.5. The van der Waals surface area contributed by atoms with E-state index in [1.165, 1.54) is 12.1 Å². The molecule has 0 atom stereocenters. The first-order valence-electron chi connectivity index (χ1n) is 5.75. The van der Waals surface area contributed by atoms with E-state index in [9.17, 15) is 4.39 Å². The predicted octanol–water partition coefficient (Wildman–Crippen LogP) is 4.23. The third kappa shape index (κ3) is 2.69. The van der Waals surface area contributed by atoms with Crippen molar-refractivity contribution in [2.45, 2.75) is 6.54 Å². The van der Waals surface area contributed by atoms with Crippen molar-refractivity contribution >= 4 is 28.7 Å². The van der Waals surface area contributed by atoms with Gasteiger partial charge in [0.25, 0.3) is 6.01 Å². The first-order valence-corrected chi connectivity index (χ1v) is 6.13. The van der Waals surface area contributed by atoms with Gasteiger partial charge in [-0.05, 0) is 35.9 Å². The lowest BCUT2D eigenvalue weighted by Crippen LogP contribution is -1.99. The van der Waals surface area contributed by atoms with Crippen LogP contribution >= 0.6 is 11.6 Å². The van der Waals surface area contributed by atoms with Gasteiger partial charge in [-0.2, -0.15) is 4.98 Å². The molecule has 2 aromatic carbocycles. The Morgan fingerprint density at radius 3 is 2.95 bits per heavy atom. The summed E-state index contributed by atoms with van der Waals surface area (Å²) >= 11 is 5.87. The highest BCUT2D eigenvalue weighted by molar-refractivity contribution is 6.31. The Kier molecular flexibility index (Phi) is 3.09. The number of anilines is 1. The van der Waals surface area contributed by atoms with Crippen LogP contribution < -0.4 is 5.32 Å². The van der Waals surface area contributed by atoms with E-state index in [0.717, 1.165) is 5.56 Å². The number of rotatable bonds is 3. The summed E-state index contributed by atoms with van der Waals surface area (Å²) in [7, 11) is 0. The number of hydrogen-bond donors (Lipinski definition) is 1. The maximum atomic E-state index is 13.0. The predicted molar refractivity (Wildman–Crippen MR) is 72.7 cm³/mol. The summed E-state index contributed by atoms with van der Waals surface area (Å²) in [5, 5.41) is 3.62. The quantitative estimate of drug-likeness (QED) is 0.778. The van der Waals surface area contributed by atoms with Crippen molar-refractivity contribution in [1.82, 2.24) is 4.98 Å². The van der Waals surface area contributed by atoms with Crippen molar-refractivity contribution in [2.24, 2.45) is 0 Å². The fourth-order valence-corrected chi connectivity index (χ4v) is 1.97. The lowest BCUT2D eigenvalue weighted by atomic mass is 10.2. The molecule has 0 bridgehead atoms. The minimum Gasteiger partial charge on any atom is -0.424 e. The summed E-state index contributed by atoms with van der Waals surface area (Å²) in [6.45, 7) is 0.443. The first kappa shape index (κ1) is 12.0. The van der Waals surface area contributed by atoms with Crippen LogP contribution in [0.3, 0.4) is 0 Å². The van der Waals surface area contributed by atoms with Crippen LogP contribution in [-0.2, 0) is 6.54 Å². The van der Waals surface area contributed by atoms with E-state index in [1.54, 1.807) is 24.3 Å². The number of nitrogens with one attached hydrogen (secondary N) is 1. The van der Waals surface area contributed by atoms with E-state index >= 15 is 0 Å². The third-order valence-corrected chi connectivity index (χ3v) is 2.92. The molecule has 19 heavy (non-hydrogen) atoms. The second-order valence-electron chi connectivity index (χ2n) is 4.11. The topological polar surface area (TPSA) is 38.1 Å². The van der Waals surface area contributed by atoms with Crippen LogP contribution in [0.5, 0.6) is 0 Å². The van der Waals surface area contributed by atoms with Crippen molar-refractivity contribution in [1.29, 1.82) is 0 Å². The number of aromatic nitrogens is 1. The minimum atomic E-state index is -0.261. The lowest BCUT2D eigenvalue weighted by molar-refractivity contribution is 0.612. The standard InChI is InChI=1S/C14H10ClFN2O/c15-10-4-5-13-12(7-10)18-14(19-13)17-8-9-2-1-3-11(16)6-9/h1-7H,8H2,(H,17,18). The molecular formula is C14H10ClFN2O. The Labute approximate surface area is 114 Å². The summed E-state index contributed by atoms with van der Waals surface area (Å²) in [4.78, 5) is 4.26. The first-order chi connectivity index (χ1) is 9.20. The molecule has 3 nitrogen and oxygen atoms in total. The highest BCUT2D eigenvalue weighted by Gasteiger charge is 2.05. The normalized spacial score (nSPS) is 10.8. The monoisotopic (exact) mass is 276 g/mol. The summed E-state index contributed by atoms with van der Waals surface area (Å²) in [6, 6.07) is 12.0. The Balaban J connectivity index is 1.78. The molecule has 0 saturated carbocycles. The number of benzene rings is 2. The summed E-state index contributed by atoms with van der Waals surface area (Å²) in [6.07, 6.45) is 0. The maximum Gasteiger partial charge on any atom is 0.295 e. The average molecular weight is 277 g/mol. The summed E-state index contributed by atoms with van der Waals surface area (Å²) < 4.78 is 18.5. The zero-order chi connectivity index (χ0) is 13.2. The molecule has 0 aliphatic rings. The van der Waals surface area contributed by atoms with Crippen LogP contribution in [0.2, 0.25) is 5.02 Å². The second-order valence-corrected chi connectivity index (χ2v) is 4.55. The molecule has 3 rings (SSSR count). The zero-order valence-corrected chi connectivity index (χ0v) is 10.6. The van der Waals surface area contributed by atoms with Crippen molar-refractivity contribution in [3.05, 3.63) is 58.9 Å². The van der Waals surface area contributed by atoms with Crippen molar-refractivity contribution in [3.8, 4) is 0 Å². The van der Waals surface area contributed by atoms with Gasteiger partial charge < -0.3 is 9.73 Å². The van der Waals surface area contributed by atoms with Crippen molar-refractivity contribution in [2.75, 3.05) is 5.32 Å². The van der Waals surface area contributed by atoms with Crippen LogP contribution in [0.1, 0.15) is 5.56 Å². The number of halogens is 2. The molecule has 0 aliphatic heterocycles. The molecular weight excluding hydrogens is 267 g/mol. The molecule has 3 aromatic rings. The van der Waals surface area contributed by atoms with Crippen molar-refractivity contribution < 1.29 is 8.81 Å². The van der Waals surface area contributed by atoms with E-state index in [-0.39, 0.29) is 5.82 Å². The average Bonchev–Trinajstić information content (AvgIpc) is 2.78. The van der Waals surface area contributed by atoms with Crippen LogP contribution in [0.25, 0.3) is 11.1 Å². The van der Waals surface area contributed by atoms with Crippen LogP contribution in [-0.4, -0.2) is 4.98 Å². The van der Waals surface area contributed by atoms with Gasteiger partial charge in [-0.25, -0.2) is 4.39 Å². The van der Waals surface area contributed by atoms with E-state index in [1.807, 2.05) is 6.07 Å². The second kappa shape index (κ2) is 4.90. The summed E-state index contributed by atoms with van der Waals surface area (Å²) in [5.41, 5.74) is 2.17. The van der Waals surface area contributed by atoms with Crippen molar-refractivity contribution in [3.63, 3.8) is 0 Å². The van der Waals surface area contributed by atoms with E-state index in [0.29, 0.717) is 28.7 Å².